The van der Waals surface area contributed by atoms with Crippen molar-refractivity contribution in [1.82, 2.24) is 4.98 Å². The van der Waals surface area contributed by atoms with Crippen LogP contribution in [0.15, 0.2) is 12.1 Å². The maximum absolute atomic E-state index is 13.9. The van der Waals surface area contributed by atoms with Gasteiger partial charge >= 0.3 is 0 Å². The summed E-state index contributed by atoms with van der Waals surface area (Å²) in [6, 6.07) is 3.39. The second-order valence-corrected chi connectivity index (χ2v) is 4.20. The van der Waals surface area contributed by atoms with Crippen LogP contribution < -0.4 is 11.3 Å². The summed E-state index contributed by atoms with van der Waals surface area (Å²) in [5.74, 6) is 5.24. The monoisotopic (exact) mass is 233 g/mol. The number of aryl methyl sites for hydroxylation is 2. The van der Waals surface area contributed by atoms with Gasteiger partial charge in [-0.05, 0) is 43.5 Å². The largest absolute Gasteiger partial charge is 0.323 e. The van der Waals surface area contributed by atoms with Crippen LogP contribution >= 0.6 is 0 Å². The van der Waals surface area contributed by atoms with Crippen LogP contribution in [-0.2, 0) is 6.42 Å². The van der Waals surface area contributed by atoms with E-state index in [2.05, 4.69) is 10.4 Å². The standard InChI is InChI=1S/C13H16FN3/c1-4-11-8(3)12(17-15)9-5-7(2)6-10(14)13(9)16-11/h5-6H,4,15H2,1-3H3,(H,16,17). The molecule has 0 saturated heterocycles. The number of benzene rings is 1. The van der Waals surface area contributed by atoms with E-state index < -0.39 is 0 Å². The molecule has 2 rings (SSSR count). The molecule has 2 aromatic rings. The van der Waals surface area contributed by atoms with Crippen molar-refractivity contribution >= 4 is 16.6 Å². The number of anilines is 1. The highest BCUT2D eigenvalue weighted by atomic mass is 19.1. The SMILES string of the molecule is CCc1nc2c(F)cc(C)cc2c(NN)c1C. The van der Waals surface area contributed by atoms with E-state index in [4.69, 9.17) is 5.84 Å². The number of hydrogen-bond donors (Lipinski definition) is 2. The van der Waals surface area contributed by atoms with E-state index in [1.807, 2.05) is 26.8 Å². The second-order valence-electron chi connectivity index (χ2n) is 4.20. The number of hydrazine groups is 1. The molecule has 17 heavy (non-hydrogen) atoms. The Hall–Kier alpha value is -1.68. The Morgan fingerprint density at radius 2 is 2.06 bits per heavy atom. The molecule has 0 aliphatic rings. The van der Waals surface area contributed by atoms with Gasteiger partial charge in [0.25, 0.3) is 0 Å². The zero-order chi connectivity index (χ0) is 12.6. The molecular formula is C13H16FN3. The summed E-state index contributed by atoms with van der Waals surface area (Å²) in [5.41, 5.74) is 6.51. The van der Waals surface area contributed by atoms with Gasteiger partial charge in [0.05, 0.1) is 5.69 Å². The number of nitrogen functional groups attached to an aromatic ring is 1. The third-order valence-electron chi connectivity index (χ3n) is 3.01. The number of aromatic nitrogens is 1. The Morgan fingerprint density at radius 1 is 1.35 bits per heavy atom. The molecule has 0 aliphatic heterocycles. The number of fused-ring (bicyclic) bond motifs is 1. The maximum Gasteiger partial charge on any atom is 0.149 e. The number of pyridine rings is 1. The van der Waals surface area contributed by atoms with Gasteiger partial charge in [0.2, 0.25) is 0 Å². The zero-order valence-electron chi connectivity index (χ0n) is 10.3. The molecular weight excluding hydrogens is 217 g/mol. The van der Waals surface area contributed by atoms with E-state index in [1.165, 1.54) is 6.07 Å². The highest BCUT2D eigenvalue weighted by Gasteiger charge is 2.13. The van der Waals surface area contributed by atoms with E-state index in [9.17, 15) is 4.39 Å². The molecule has 0 spiro atoms. The predicted molar refractivity (Wildman–Crippen MR) is 68.4 cm³/mol. The van der Waals surface area contributed by atoms with Crippen LogP contribution in [0.4, 0.5) is 10.1 Å². The molecule has 1 aromatic carbocycles. The number of halogens is 1. The number of nitrogens with one attached hydrogen (secondary N) is 1. The Labute approximate surface area is 99.8 Å². The van der Waals surface area contributed by atoms with Crippen molar-refractivity contribution in [2.24, 2.45) is 5.84 Å². The molecule has 0 radical (unpaired) electrons. The first-order valence-corrected chi connectivity index (χ1v) is 5.64. The Bertz CT molecular complexity index is 579. The number of rotatable bonds is 2. The zero-order valence-corrected chi connectivity index (χ0v) is 10.3. The third kappa shape index (κ3) is 1.85. The molecule has 3 N–H and O–H groups in total. The molecule has 3 nitrogen and oxygen atoms in total. The van der Waals surface area contributed by atoms with Crippen LogP contribution in [-0.4, -0.2) is 4.98 Å². The van der Waals surface area contributed by atoms with E-state index in [-0.39, 0.29) is 5.82 Å². The summed E-state index contributed by atoms with van der Waals surface area (Å²) in [5, 5.41) is 0.736. The highest BCUT2D eigenvalue weighted by Crippen LogP contribution is 2.30. The van der Waals surface area contributed by atoms with Crippen molar-refractivity contribution in [2.45, 2.75) is 27.2 Å². The van der Waals surface area contributed by atoms with Crippen molar-refractivity contribution in [2.75, 3.05) is 5.43 Å². The van der Waals surface area contributed by atoms with Crippen molar-refractivity contribution < 1.29 is 4.39 Å². The lowest BCUT2D eigenvalue weighted by molar-refractivity contribution is 0.635. The summed E-state index contributed by atoms with van der Waals surface area (Å²) >= 11 is 0. The molecule has 1 aromatic heterocycles. The van der Waals surface area contributed by atoms with Crippen molar-refractivity contribution in [3.63, 3.8) is 0 Å². The number of hydrogen-bond acceptors (Lipinski definition) is 3. The van der Waals surface area contributed by atoms with Gasteiger partial charge in [-0.2, -0.15) is 0 Å². The van der Waals surface area contributed by atoms with Gasteiger partial charge in [-0.25, -0.2) is 9.37 Å². The molecule has 0 saturated carbocycles. The molecule has 4 heteroatoms. The lowest BCUT2D eigenvalue weighted by Gasteiger charge is -2.13. The van der Waals surface area contributed by atoms with Crippen LogP contribution in [0.5, 0.6) is 0 Å². The summed E-state index contributed by atoms with van der Waals surface area (Å²) in [6.45, 7) is 5.79. The van der Waals surface area contributed by atoms with Crippen molar-refractivity contribution in [3.05, 3.63) is 34.8 Å². The fraction of sp³-hybridized carbons (Fsp3) is 0.308. The summed E-state index contributed by atoms with van der Waals surface area (Å²) in [4.78, 5) is 4.37. The molecule has 0 aliphatic carbocycles. The quantitative estimate of drug-likeness (QED) is 0.619. The number of nitrogens with two attached hydrogens (primary N) is 1. The van der Waals surface area contributed by atoms with Crippen LogP contribution in [0.1, 0.15) is 23.7 Å². The molecule has 0 bridgehead atoms. The first kappa shape index (κ1) is 11.8. The molecule has 0 amide bonds. The lowest BCUT2D eigenvalue weighted by Crippen LogP contribution is -2.11. The van der Waals surface area contributed by atoms with Crippen LogP contribution in [0.25, 0.3) is 10.9 Å². The van der Waals surface area contributed by atoms with E-state index in [0.717, 1.165) is 34.3 Å². The average Bonchev–Trinajstić information content (AvgIpc) is 2.28. The fourth-order valence-electron chi connectivity index (χ4n) is 2.13. The molecule has 90 valence electrons. The van der Waals surface area contributed by atoms with Gasteiger partial charge in [-0.3, -0.25) is 5.84 Å². The summed E-state index contributed by atoms with van der Waals surface area (Å²) < 4.78 is 13.9. The highest BCUT2D eigenvalue weighted by molar-refractivity contribution is 5.94. The Morgan fingerprint density at radius 3 is 2.65 bits per heavy atom. The fourth-order valence-corrected chi connectivity index (χ4v) is 2.13. The molecule has 0 atom stereocenters. The smallest absolute Gasteiger partial charge is 0.149 e. The molecule has 1 heterocycles. The minimum atomic E-state index is -0.300. The van der Waals surface area contributed by atoms with E-state index in [0.29, 0.717) is 5.52 Å². The minimum absolute atomic E-state index is 0.300. The van der Waals surface area contributed by atoms with E-state index in [1.54, 1.807) is 0 Å². The summed E-state index contributed by atoms with van der Waals surface area (Å²) in [6.07, 6.45) is 0.754. The summed E-state index contributed by atoms with van der Waals surface area (Å²) in [7, 11) is 0. The molecule has 0 fully saturated rings. The predicted octanol–water partition coefficient (Wildman–Crippen LogP) is 2.84. The van der Waals surface area contributed by atoms with Crippen LogP contribution in [0.3, 0.4) is 0 Å². The Balaban J connectivity index is 2.92. The van der Waals surface area contributed by atoms with Gasteiger partial charge in [-0.1, -0.05) is 6.92 Å². The van der Waals surface area contributed by atoms with Gasteiger partial charge in [0.15, 0.2) is 0 Å². The maximum atomic E-state index is 13.9. The minimum Gasteiger partial charge on any atom is -0.323 e. The molecule has 0 unspecified atom stereocenters. The second kappa shape index (κ2) is 4.30. The van der Waals surface area contributed by atoms with Gasteiger partial charge in [0.1, 0.15) is 11.3 Å². The average molecular weight is 233 g/mol. The van der Waals surface area contributed by atoms with Crippen LogP contribution in [0, 0.1) is 19.7 Å². The normalized spacial score (nSPS) is 10.9. The number of nitrogens with zero attached hydrogens (tertiary/aromatic N) is 1. The van der Waals surface area contributed by atoms with Gasteiger partial charge in [0, 0.05) is 11.1 Å². The third-order valence-corrected chi connectivity index (χ3v) is 3.01. The lowest BCUT2D eigenvalue weighted by atomic mass is 10.0. The first-order chi connectivity index (χ1) is 8.08. The first-order valence-electron chi connectivity index (χ1n) is 5.64. The van der Waals surface area contributed by atoms with Crippen LogP contribution in [0.2, 0.25) is 0 Å². The van der Waals surface area contributed by atoms with Crippen molar-refractivity contribution in [1.29, 1.82) is 0 Å². The van der Waals surface area contributed by atoms with Gasteiger partial charge in [-0.15, -0.1) is 0 Å². The topological polar surface area (TPSA) is 50.9 Å². The van der Waals surface area contributed by atoms with E-state index >= 15 is 0 Å². The van der Waals surface area contributed by atoms with Crippen molar-refractivity contribution in [3.8, 4) is 0 Å². The Kier molecular flexibility index (Phi) is 2.98. The van der Waals surface area contributed by atoms with Gasteiger partial charge < -0.3 is 5.43 Å².